The van der Waals surface area contributed by atoms with Crippen molar-refractivity contribution in [3.8, 4) is 0 Å². The Morgan fingerprint density at radius 1 is 1.04 bits per heavy atom. The van der Waals surface area contributed by atoms with Crippen molar-refractivity contribution >= 4 is 11.6 Å². The van der Waals surface area contributed by atoms with E-state index in [0.717, 1.165) is 37.1 Å². The fraction of sp³-hybridized carbons (Fsp3) is 0.500. The highest BCUT2D eigenvalue weighted by atomic mass is 15.2. The molecular weight excluding hydrogens is 286 g/mol. The van der Waals surface area contributed by atoms with Crippen LogP contribution in [0.3, 0.4) is 0 Å². The van der Waals surface area contributed by atoms with Crippen LogP contribution in [0.15, 0.2) is 30.6 Å². The molecular formula is C18H23N5. The van der Waals surface area contributed by atoms with Crippen LogP contribution in [-0.2, 0) is 6.54 Å². The summed E-state index contributed by atoms with van der Waals surface area (Å²) in [6, 6.07) is 6.21. The number of piperidine rings is 1. The van der Waals surface area contributed by atoms with Crippen molar-refractivity contribution in [1.82, 2.24) is 15.0 Å². The Kier molecular flexibility index (Phi) is 4.09. The van der Waals surface area contributed by atoms with Crippen molar-refractivity contribution in [2.45, 2.75) is 44.6 Å². The lowest BCUT2D eigenvalue weighted by molar-refractivity contribution is 0.573. The molecule has 0 bridgehead atoms. The van der Waals surface area contributed by atoms with Gasteiger partial charge in [-0.3, -0.25) is 0 Å². The van der Waals surface area contributed by atoms with E-state index in [1.165, 1.54) is 37.7 Å². The van der Waals surface area contributed by atoms with Gasteiger partial charge in [0.05, 0.1) is 0 Å². The van der Waals surface area contributed by atoms with Crippen LogP contribution in [0.5, 0.6) is 0 Å². The average Bonchev–Trinajstić information content (AvgIpc) is 3.47. The fourth-order valence-electron chi connectivity index (χ4n) is 3.07. The Morgan fingerprint density at radius 3 is 2.70 bits per heavy atom. The van der Waals surface area contributed by atoms with Crippen LogP contribution < -0.4 is 10.2 Å². The van der Waals surface area contributed by atoms with Crippen LogP contribution in [-0.4, -0.2) is 28.0 Å². The van der Waals surface area contributed by atoms with Gasteiger partial charge >= 0.3 is 0 Å². The zero-order valence-corrected chi connectivity index (χ0v) is 13.4. The third-order valence-electron chi connectivity index (χ3n) is 4.58. The zero-order valence-electron chi connectivity index (χ0n) is 13.4. The molecule has 2 aliphatic rings. The van der Waals surface area contributed by atoms with E-state index in [1.54, 1.807) is 0 Å². The van der Waals surface area contributed by atoms with E-state index in [9.17, 15) is 0 Å². The van der Waals surface area contributed by atoms with Gasteiger partial charge in [-0.05, 0) is 55.9 Å². The predicted molar refractivity (Wildman–Crippen MR) is 91.6 cm³/mol. The van der Waals surface area contributed by atoms with Crippen molar-refractivity contribution in [1.29, 1.82) is 0 Å². The minimum Gasteiger partial charge on any atom is -0.366 e. The molecule has 23 heavy (non-hydrogen) atoms. The van der Waals surface area contributed by atoms with Crippen molar-refractivity contribution in [3.05, 3.63) is 42.0 Å². The van der Waals surface area contributed by atoms with Crippen molar-refractivity contribution in [2.75, 3.05) is 23.3 Å². The third kappa shape index (κ3) is 3.60. The van der Waals surface area contributed by atoms with Crippen LogP contribution in [0.2, 0.25) is 0 Å². The van der Waals surface area contributed by atoms with E-state index in [0.29, 0.717) is 5.92 Å². The monoisotopic (exact) mass is 309 g/mol. The van der Waals surface area contributed by atoms with Crippen LogP contribution in [0.4, 0.5) is 11.6 Å². The molecule has 5 heteroatoms. The molecule has 2 aromatic rings. The van der Waals surface area contributed by atoms with Gasteiger partial charge in [0.1, 0.15) is 17.5 Å². The van der Waals surface area contributed by atoms with Crippen LogP contribution in [0.1, 0.15) is 49.4 Å². The number of nitrogens with zero attached hydrogens (tertiary/aromatic N) is 4. The second kappa shape index (κ2) is 6.52. The highest BCUT2D eigenvalue weighted by Crippen LogP contribution is 2.38. The quantitative estimate of drug-likeness (QED) is 0.918. The Morgan fingerprint density at radius 2 is 1.87 bits per heavy atom. The Bertz CT molecular complexity index is 662. The molecule has 0 unspecified atom stereocenters. The largest absolute Gasteiger partial charge is 0.366 e. The summed E-state index contributed by atoms with van der Waals surface area (Å²) >= 11 is 0. The van der Waals surface area contributed by atoms with Gasteiger partial charge in [-0.25, -0.2) is 15.0 Å². The molecule has 1 aliphatic heterocycles. The standard InChI is InChI=1S/C18H23N5/c1-2-10-23(11-3-1)17-12-14(6-8-19-17)13-21-16-7-9-20-18(22-16)15-4-5-15/h6-9,12,15H,1-5,10-11,13H2,(H,20,21,22). The van der Waals surface area contributed by atoms with E-state index >= 15 is 0 Å². The second-order valence-corrected chi connectivity index (χ2v) is 6.50. The normalized spacial score (nSPS) is 18.0. The van der Waals surface area contributed by atoms with E-state index < -0.39 is 0 Å². The number of anilines is 2. The lowest BCUT2D eigenvalue weighted by atomic mass is 10.1. The molecule has 1 N–H and O–H groups in total. The lowest BCUT2D eigenvalue weighted by Crippen LogP contribution is -2.30. The number of rotatable bonds is 5. The number of nitrogens with one attached hydrogen (secondary N) is 1. The molecule has 0 amide bonds. The molecule has 2 aromatic heterocycles. The minimum absolute atomic E-state index is 0.586. The van der Waals surface area contributed by atoms with Crippen LogP contribution in [0.25, 0.3) is 0 Å². The van der Waals surface area contributed by atoms with Gasteiger partial charge in [-0.2, -0.15) is 0 Å². The van der Waals surface area contributed by atoms with Crippen molar-refractivity contribution < 1.29 is 0 Å². The minimum atomic E-state index is 0.586. The molecule has 0 aromatic carbocycles. The molecule has 1 saturated carbocycles. The molecule has 1 aliphatic carbocycles. The van der Waals surface area contributed by atoms with E-state index in [2.05, 4.69) is 37.3 Å². The molecule has 0 atom stereocenters. The second-order valence-electron chi connectivity index (χ2n) is 6.50. The summed E-state index contributed by atoms with van der Waals surface area (Å²) in [6.07, 6.45) is 10.1. The molecule has 5 nitrogen and oxygen atoms in total. The topological polar surface area (TPSA) is 53.9 Å². The first-order chi connectivity index (χ1) is 11.4. The first-order valence-corrected chi connectivity index (χ1v) is 8.65. The third-order valence-corrected chi connectivity index (χ3v) is 4.58. The summed E-state index contributed by atoms with van der Waals surface area (Å²) in [6.45, 7) is 3.02. The van der Waals surface area contributed by atoms with Gasteiger partial charge in [-0.1, -0.05) is 0 Å². The molecule has 3 heterocycles. The summed E-state index contributed by atoms with van der Waals surface area (Å²) in [7, 11) is 0. The van der Waals surface area contributed by atoms with E-state index in [4.69, 9.17) is 0 Å². The van der Waals surface area contributed by atoms with E-state index in [-0.39, 0.29) is 0 Å². The molecule has 1 saturated heterocycles. The molecule has 0 radical (unpaired) electrons. The SMILES string of the molecule is c1cc(CNc2ccnc(C3CC3)n2)cc(N2CCCCC2)n1. The summed E-state index contributed by atoms with van der Waals surface area (Å²) in [5, 5.41) is 3.42. The first kappa shape index (κ1) is 14.4. The average molecular weight is 309 g/mol. The Balaban J connectivity index is 1.41. The number of hydrogen-bond acceptors (Lipinski definition) is 5. The summed E-state index contributed by atoms with van der Waals surface area (Å²) in [5.74, 6) is 3.59. The number of pyridine rings is 1. The maximum Gasteiger partial charge on any atom is 0.133 e. The van der Waals surface area contributed by atoms with Crippen LogP contribution in [0, 0.1) is 0 Å². The van der Waals surface area contributed by atoms with Gasteiger partial charge in [0.15, 0.2) is 0 Å². The van der Waals surface area contributed by atoms with Gasteiger partial charge < -0.3 is 10.2 Å². The zero-order chi connectivity index (χ0) is 15.5. The molecule has 2 fully saturated rings. The van der Waals surface area contributed by atoms with E-state index in [1.807, 2.05) is 18.5 Å². The van der Waals surface area contributed by atoms with Gasteiger partial charge in [-0.15, -0.1) is 0 Å². The highest BCUT2D eigenvalue weighted by molar-refractivity contribution is 5.43. The first-order valence-electron chi connectivity index (χ1n) is 8.65. The van der Waals surface area contributed by atoms with Gasteiger partial charge in [0.2, 0.25) is 0 Å². The van der Waals surface area contributed by atoms with Crippen molar-refractivity contribution in [3.63, 3.8) is 0 Å². The summed E-state index contributed by atoms with van der Waals surface area (Å²) in [4.78, 5) is 15.9. The number of hydrogen-bond donors (Lipinski definition) is 1. The maximum atomic E-state index is 4.61. The number of aromatic nitrogens is 3. The summed E-state index contributed by atoms with van der Waals surface area (Å²) < 4.78 is 0. The molecule has 120 valence electrons. The predicted octanol–water partition coefficient (Wildman–Crippen LogP) is 3.35. The highest BCUT2D eigenvalue weighted by Gasteiger charge is 2.26. The summed E-state index contributed by atoms with van der Waals surface area (Å²) in [5.41, 5.74) is 1.24. The Hall–Kier alpha value is -2.17. The fourth-order valence-corrected chi connectivity index (χ4v) is 3.07. The maximum absolute atomic E-state index is 4.61. The smallest absolute Gasteiger partial charge is 0.133 e. The van der Waals surface area contributed by atoms with Gasteiger partial charge in [0, 0.05) is 37.9 Å². The molecule has 4 rings (SSSR count). The van der Waals surface area contributed by atoms with Gasteiger partial charge in [0.25, 0.3) is 0 Å². The molecule has 0 spiro atoms. The van der Waals surface area contributed by atoms with Crippen LogP contribution >= 0.6 is 0 Å². The van der Waals surface area contributed by atoms with Crippen molar-refractivity contribution in [2.24, 2.45) is 0 Å². The lowest BCUT2D eigenvalue weighted by Gasteiger charge is -2.27. The Labute approximate surface area is 137 Å².